The summed E-state index contributed by atoms with van der Waals surface area (Å²) in [5.41, 5.74) is 0. The van der Waals surface area contributed by atoms with Crippen molar-refractivity contribution < 1.29 is 0 Å². The van der Waals surface area contributed by atoms with E-state index in [0.29, 0.717) is 0 Å². The third-order valence-electron chi connectivity index (χ3n) is 3.79. The molecule has 0 amide bonds. The Balaban J connectivity index is 1.91. The molecule has 106 valence electrons. The first-order chi connectivity index (χ1) is 9.15. The van der Waals surface area contributed by atoms with E-state index >= 15 is 0 Å². The second-order valence-electron chi connectivity index (χ2n) is 6.04. The summed E-state index contributed by atoms with van der Waals surface area (Å²) in [6.45, 7) is 10.0. The van der Waals surface area contributed by atoms with Crippen LogP contribution >= 0.6 is 0 Å². The summed E-state index contributed by atoms with van der Waals surface area (Å²) >= 11 is 0. The lowest BCUT2D eigenvalue weighted by molar-refractivity contribution is 0.436. The van der Waals surface area contributed by atoms with E-state index in [-0.39, 0.29) is 0 Å². The second kappa shape index (κ2) is 6.73. The number of nitrogens with one attached hydrogen (secondary N) is 1. The minimum atomic E-state index is 0.720. The fourth-order valence-electron chi connectivity index (χ4n) is 2.34. The van der Waals surface area contributed by atoms with Crippen molar-refractivity contribution in [2.75, 3.05) is 29.9 Å². The van der Waals surface area contributed by atoms with E-state index in [2.05, 4.69) is 47.0 Å². The first kappa shape index (κ1) is 14.1. The molecule has 4 heteroatoms. The van der Waals surface area contributed by atoms with Crippen LogP contribution in [0.15, 0.2) is 12.4 Å². The van der Waals surface area contributed by atoms with Crippen LogP contribution in [-0.4, -0.2) is 29.6 Å². The van der Waals surface area contributed by atoms with Crippen molar-refractivity contribution in [1.82, 2.24) is 9.97 Å². The van der Waals surface area contributed by atoms with Crippen LogP contribution in [0.3, 0.4) is 0 Å². The van der Waals surface area contributed by atoms with E-state index in [1.54, 1.807) is 6.33 Å². The third-order valence-corrected chi connectivity index (χ3v) is 3.79. The van der Waals surface area contributed by atoms with Crippen molar-refractivity contribution in [2.45, 2.75) is 40.0 Å². The van der Waals surface area contributed by atoms with Gasteiger partial charge in [-0.1, -0.05) is 20.8 Å². The lowest BCUT2D eigenvalue weighted by Gasteiger charge is -2.31. The molecule has 0 bridgehead atoms. The fourth-order valence-corrected chi connectivity index (χ4v) is 2.34. The maximum atomic E-state index is 4.41. The summed E-state index contributed by atoms with van der Waals surface area (Å²) in [5.74, 6) is 3.58. The van der Waals surface area contributed by atoms with Gasteiger partial charge in [-0.15, -0.1) is 0 Å². The molecular formula is C15H26N4. The van der Waals surface area contributed by atoms with Crippen molar-refractivity contribution in [3.05, 3.63) is 12.4 Å². The predicted molar refractivity (Wildman–Crippen MR) is 80.6 cm³/mol. The minimum Gasteiger partial charge on any atom is -0.370 e. The van der Waals surface area contributed by atoms with Crippen LogP contribution in [0.25, 0.3) is 0 Å². The van der Waals surface area contributed by atoms with Gasteiger partial charge >= 0.3 is 0 Å². The second-order valence-corrected chi connectivity index (χ2v) is 6.04. The zero-order valence-electron chi connectivity index (χ0n) is 12.4. The molecule has 4 nitrogen and oxygen atoms in total. The van der Waals surface area contributed by atoms with Crippen LogP contribution in [0.1, 0.15) is 40.0 Å². The van der Waals surface area contributed by atoms with E-state index < -0.39 is 0 Å². The lowest BCUT2D eigenvalue weighted by Crippen LogP contribution is -2.33. The van der Waals surface area contributed by atoms with Crippen LogP contribution in [0.5, 0.6) is 0 Å². The van der Waals surface area contributed by atoms with Gasteiger partial charge in [-0.05, 0) is 31.1 Å². The van der Waals surface area contributed by atoms with Gasteiger partial charge in [-0.3, -0.25) is 0 Å². The molecule has 0 aromatic carbocycles. The number of aromatic nitrogens is 2. The molecule has 0 spiro atoms. The molecule has 0 radical (unpaired) electrons. The highest BCUT2D eigenvalue weighted by molar-refractivity contribution is 5.48. The smallest absolute Gasteiger partial charge is 0.134 e. The molecule has 0 unspecified atom stereocenters. The number of rotatable bonds is 5. The number of piperidine rings is 1. The highest BCUT2D eigenvalue weighted by atomic mass is 15.2. The van der Waals surface area contributed by atoms with Gasteiger partial charge in [0, 0.05) is 25.7 Å². The average Bonchev–Trinajstić information content (AvgIpc) is 2.39. The molecule has 1 aromatic heterocycles. The summed E-state index contributed by atoms with van der Waals surface area (Å²) in [4.78, 5) is 11.1. The van der Waals surface area contributed by atoms with Crippen molar-refractivity contribution in [3.8, 4) is 0 Å². The van der Waals surface area contributed by atoms with E-state index in [9.17, 15) is 0 Å². The molecule has 1 saturated heterocycles. The standard InChI is InChI=1S/C15H26N4/c1-12(2)4-7-16-14-10-15(18-11-17-14)19-8-5-13(3)6-9-19/h10-13H,4-9H2,1-3H3,(H,16,17,18). The van der Waals surface area contributed by atoms with Crippen LogP contribution in [0.4, 0.5) is 11.6 Å². The summed E-state index contributed by atoms with van der Waals surface area (Å²) < 4.78 is 0. The van der Waals surface area contributed by atoms with Crippen LogP contribution in [0, 0.1) is 11.8 Å². The number of anilines is 2. The fraction of sp³-hybridized carbons (Fsp3) is 0.733. The largest absolute Gasteiger partial charge is 0.370 e. The van der Waals surface area contributed by atoms with Gasteiger partial charge in [-0.2, -0.15) is 0 Å². The molecular weight excluding hydrogens is 236 g/mol. The molecule has 0 aliphatic carbocycles. The normalized spacial score (nSPS) is 16.9. The highest BCUT2D eigenvalue weighted by Crippen LogP contribution is 2.22. The first-order valence-electron chi connectivity index (χ1n) is 7.46. The molecule has 1 fully saturated rings. The quantitative estimate of drug-likeness (QED) is 0.885. The summed E-state index contributed by atoms with van der Waals surface area (Å²) in [6, 6.07) is 2.08. The lowest BCUT2D eigenvalue weighted by atomic mass is 9.99. The molecule has 1 aliphatic rings. The topological polar surface area (TPSA) is 41.0 Å². The molecule has 1 aromatic rings. The molecule has 2 rings (SSSR count). The van der Waals surface area contributed by atoms with Gasteiger partial charge in [0.05, 0.1) is 0 Å². The zero-order valence-corrected chi connectivity index (χ0v) is 12.4. The Kier molecular flexibility index (Phi) is 5.00. The van der Waals surface area contributed by atoms with E-state index in [4.69, 9.17) is 0 Å². The highest BCUT2D eigenvalue weighted by Gasteiger charge is 2.17. The Morgan fingerprint density at radius 1 is 1.32 bits per heavy atom. The van der Waals surface area contributed by atoms with Gasteiger partial charge in [0.15, 0.2) is 0 Å². The Labute approximate surface area is 116 Å². The minimum absolute atomic E-state index is 0.720. The van der Waals surface area contributed by atoms with Gasteiger partial charge in [-0.25, -0.2) is 9.97 Å². The molecule has 19 heavy (non-hydrogen) atoms. The molecule has 1 N–H and O–H groups in total. The van der Waals surface area contributed by atoms with Gasteiger partial charge < -0.3 is 10.2 Å². The molecule has 1 aliphatic heterocycles. The van der Waals surface area contributed by atoms with E-state index in [1.807, 2.05) is 0 Å². The molecule has 0 saturated carbocycles. The van der Waals surface area contributed by atoms with Crippen molar-refractivity contribution in [2.24, 2.45) is 11.8 Å². The van der Waals surface area contributed by atoms with Crippen LogP contribution < -0.4 is 10.2 Å². The Hall–Kier alpha value is -1.32. The number of nitrogens with zero attached hydrogens (tertiary/aromatic N) is 3. The third kappa shape index (κ3) is 4.37. The first-order valence-corrected chi connectivity index (χ1v) is 7.46. The number of hydrogen-bond donors (Lipinski definition) is 1. The molecule has 2 heterocycles. The van der Waals surface area contributed by atoms with Gasteiger partial charge in [0.1, 0.15) is 18.0 Å². The summed E-state index contributed by atoms with van der Waals surface area (Å²) in [5, 5.41) is 3.39. The van der Waals surface area contributed by atoms with Gasteiger partial charge in [0.25, 0.3) is 0 Å². The Morgan fingerprint density at radius 2 is 2.05 bits per heavy atom. The summed E-state index contributed by atoms with van der Waals surface area (Å²) in [7, 11) is 0. The van der Waals surface area contributed by atoms with Crippen molar-refractivity contribution >= 4 is 11.6 Å². The maximum absolute atomic E-state index is 4.41. The van der Waals surface area contributed by atoms with Gasteiger partial charge in [0.2, 0.25) is 0 Å². The predicted octanol–water partition coefficient (Wildman–Crippen LogP) is 3.17. The van der Waals surface area contributed by atoms with Crippen molar-refractivity contribution in [3.63, 3.8) is 0 Å². The monoisotopic (exact) mass is 262 g/mol. The van der Waals surface area contributed by atoms with Crippen LogP contribution in [-0.2, 0) is 0 Å². The Morgan fingerprint density at radius 3 is 2.74 bits per heavy atom. The van der Waals surface area contributed by atoms with E-state index in [0.717, 1.165) is 43.1 Å². The SMILES string of the molecule is CC(C)CCNc1cc(N2CCC(C)CC2)ncn1. The van der Waals surface area contributed by atoms with Crippen molar-refractivity contribution in [1.29, 1.82) is 0 Å². The molecule has 0 atom stereocenters. The summed E-state index contributed by atoms with van der Waals surface area (Å²) in [6.07, 6.45) is 5.37. The zero-order chi connectivity index (χ0) is 13.7. The van der Waals surface area contributed by atoms with Crippen LogP contribution in [0.2, 0.25) is 0 Å². The average molecular weight is 262 g/mol. The maximum Gasteiger partial charge on any atom is 0.134 e. The Bertz CT molecular complexity index is 383. The number of hydrogen-bond acceptors (Lipinski definition) is 4. The van der Waals surface area contributed by atoms with E-state index in [1.165, 1.54) is 19.3 Å².